The molecule has 0 fully saturated rings. The number of rotatable bonds is 6. The van der Waals surface area contributed by atoms with Gasteiger partial charge in [-0.15, -0.1) is 0 Å². The van der Waals surface area contributed by atoms with Crippen LogP contribution in [0.1, 0.15) is 17.3 Å². The van der Waals surface area contributed by atoms with Crippen molar-refractivity contribution in [3.05, 3.63) is 29.8 Å². The topological polar surface area (TPSA) is 111 Å². The molecule has 0 saturated heterocycles. The van der Waals surface area contributed by atoms with Crippen LogP contribution >= 0.6 is 0 Å². The van der Waals surface area contributed by atoms with Crippen LogP contribution in [0.15, 0.2) is 24.3 Å². The van der Waals surface area contributed by atoms with E-state index in [1.807, 2.05) is 5.32 Å². The van der Waals surface area contributed by atoms with Gasteiger partial charge in [0.25, 0.3) is 5.91 Å². The number of esters is 1. The van der Waals surface area contributed by atoms with E-state index >= 15 is 0 Å². The number of Topliss-reactive ketones (excluding diaryl/α,β-unsaturated/α-hetero) is 1. The van der Waals surface area contributed by atoms with E-state index in [1.54, 1.807) is 18.2 Å². The molecule has 0 saturated carbocycles. The Morgan fingerprint density at radius 3 is 2.50 bits per heavy atom. The van der Waals surface area contributed by atoms with Crippen molar-refractivity contribution < 1.29 is 28.7 Å². The molecule has 2 N–H and O–H groups in total. The second-order valence-corrected chi connectivity index (χ2v) is 4.16. The molecule has 8 heteroatoms. The van der Waals surface area contributed by atoms with Gasteiger partial charge in [0.05, 0.1) is 0 Å². The van der Waals surface area contributed by atoms with Crippen LogP contribution < -0.4 is 15.4 Å². The van der Waals surface area contributed by atoms with Crippen LogP contribution in [0, 0.1) is 0 Å². The number of urea groups is 1. The molecule has 1 aromatic carbocycles. The largest absolute Gasteiger partial charge is 0.482 e. The van der Waals surface area contributed by atoms with E-state index in [4.69, 9.17) is 4.74 Å². The first-order chi connectivity index (χ1) is 10.4. The van der Waals surface area contributed by atoms with Crippen molar-refractivity contribution in [2.45, 2.75) is 6.92 Å². The molecule has 3 amide bonds. The number of hydrogen-bond acceptors (Lipinski definition) is 6. The van der Waals surface area contributed by atoms with Gasteiger partial charge in [0.2, 0.25) is 0 Å². The Morgan fingerprint density at radius 2 is 1.86 bits per heavy atom. The minimum atomic E-state index is -0.778. The van der Waals surface area contributed by atoms with Crippen molar-refractivity contribution >= 4 is 23.7 Å². The molecule has 0 bridgehead atoms. The second kappa shape index (κ2) is 8.40. The minimum absolute atomic E-state index is 0.126. The van der Waals surface area contributed by atoms with E-state index in [1.165, 1.54) is 20.0 Å². The maximum Gasteiger partial charge on any atom is 0.344 e. The van der Waals surface area contributed by atoms with Gasteiger partial charge in [-0.1, -0.05) is 12.1 Å². The quantitative estimate of drug-likeness (QED) is 0.576. The summed E-state index contributed by atoms with van der Waals surface area (Å²) in [6, 6.07) is 5.62. The van der Waals surface area contributed by atoms with Gasteiger partial charge in [-0.05, 0) is 19.1 Å². The standard InChI is InChI=1S/C14H16N2O6/c1-9(17)10-4-3-5-11(6-10)21-8-13(19)22-7-12(18)16-14(20)15-2/h3-6H,7-8H2,1-2H3,(H2,15,16,18,20). The van der Waals surface area contributed by atoms with Crippen LogP contribution in [0.2, 0.25) is 0 Å². The molecule has 8 nitrogen and oxygen atoms in total. The third kappa shape index (κ3) is 6.04. The zero-order valence-electron chi connectivity index (χ0n) is 12.2. The fourth-order valence-corrected chi connectivity index (χ4v) is 1.36. The molecule has 0 aliphatic carbocycles. The highest BCUT2D eigenvalue weighted by Gasteiger charge is 2.11. The predicted molar refractivity (Wildman–Crippen MR) is 75.5 cm³/mol. The summed E-state index contributed by atoms with van der Waals surface area (Å²) in [7, 11) is 1.34. The van der Waals surface area contributed by atoms with Crippen molar-refractivity contribution in [1.82, 2.24) is 10.6 Å². The highest BCUT2D eigenvalue weighted by Crippen LogP contribution is 2.13. The van der Waals surface area contributed by atoms with Crippen LogP contribution in [-0.4, -0.2) is 44.0 Å². The smallest absolute Gasteiger partial charge is 0.344 e. The minimum Gasteiger partial charge on any atom is -0.482 e. The summed E-state index contributed by atoms with van der Waals surface area (Å²) >= 11 is 0. The van der Waals surface area contributed by atoms with Crippen molar-refractivity contribution in [2.75, 3.05) is 20.3 Å². The number of ether oxygens (including phenoxy) is 2. The number of ketones is 1. The first kappa shape index (κ1) is 17.2. The van der Waals surface area contributed by atoms with Gasteiger partial charge in [0.15, 0.2) is 19.0 Å². The summed E-state index contributed by atoms with van der Waals surface area (Å²) in [6.45, 7) is 0.399. The molecular formula is C14H16N2O6. The van der Waals surface area contributed by atoms with Crippen LogP contribution in [0.5, 0.6) is 5.75 Å². The lowest BCUT2D eigenvalue weighted by atomic mass is 10.1. The Bertz CT molecular complexity index is 584. The second-order valence-electron chi connectivity index (χ2n) is 4.16. The van der Waals surface area contributed by atoms with Crippen LogP contribution in [0.4, 0.5) is 4.79 Å². The average Bonchev–Trinajstić information content (AvgIpc) is 2.51. The Hall–Kier alpha value is -2.90. The first-order valence-corrected chi connectivity index (χ1v) is 6.33. The molecule has 0 radical (unpaired) electrons. The van der Waals surface area contributed by atoms with Gasteiger partial charge in [-0.3, -0.25) is 14.9 Å². The number of carbonyl (C=O) groups is 4. The number of nitrogens with one attached hydrogen (secondary N) is 2. The molecule has 0 spiro atoms. The van der Waals surface area contributed by atoms with Gasteiger partial charge < -0.3 is 14.8 Å². The van der Waals surface area contributed by atoms with Gasteiger partial charge in [0.1, 0.15) is 5.75 Å². The highest BCUT2D eigenvalue weighted by atomic mass is 16.6. The SMILES string of the molecule is CNC(=O)NC(=O)COC(=O)COc1cccc(C(C)=O)c1. The summed E-state index contributed by atoms with van der Waals surface area (Å²) in [4.78, 5) is 44.6. The molecule has 22 heavy (non-hydrogen) atoms. The molecule has 0 heterocycles. The molecule has 0 unspecified atom stereocenters. The number of imide groups is 1. The van der Waals surface area contributed by atoms with Crippen molar-refractivity contribution in [3.8, 4) is 5.75 Å². The Labute approximate surface area is 126 Å². The fourth-order valence-electron chi connectivity index (χ4n) is 1.36. The van der Waals surface area contributed by atoms with E-state index in [9.17, 15) is 19.2 Å². The summed E-state index contributed by atoms with van der Waals surface area (Å²) in [5.74, 6) is -1.33. The zero-order valence-corrected chi connectivity index (χ0v) is 12.2. The number of carbonyl (C=O) groups excluding carboxylic acids is 4. The van der Waals surface area contributed by atoms with Crippen LogP contribution in [0.3, 0.4) is 0 Å². The molecule has 0 aliphatic rings. The molecule has 0 atom stereocenters. The monoisotopic (exact) mass is 308 g/mol. The van der Waals surface area contributed by atoms with Crippen LogP contribution in [0.25, 0.3) is 0 Å². The van der Waals surface area contributed by atoms with E-state index in [0.717, 1.165) is 0 Å². The van der Waals surface area contributed by atoms with Crippen molar-refractivity contribution in [1.29, 1.82) is 0 Å². The maximum absolute atomic E-state index is 11.4. The number of benzene rings is 1. The molecule has 0 aliphatic heterocycles. The summed E-state index contributed by atoms with van der Waals surface area (Å²) in [5.41, 5.74) is 0.454. The highest BCUT2D eigenvalue weighted by molar-refractivity contribution is 5.95. The maximum atomic E-state index is 11.4. The molecule has 1 rings (SSSR count). The lowest BCUT2D eigenvalue weighted by Gasteiger charge is -2.07. The normalized spacial score (nSPS) is 9.55. The lowest BCUT2D eigenvalue weighted by molar-refractivity contribution is -0.150. The van der Waals surface area contributed by atoms with Gasteiger partial charge in [0, 0.05) is 12.6 Å². The van der Waals surface area contributed by atoms with Gasteiger partial charge >= 0.3 is 12.0 Å². The molecular weight excluding hydrogens is 292 g/mol. The summed E-state index contributed by atoms with van der Waals surface area (Å²) in [6.07, 6.45) is 0. The average molecular weight is 308 g/mol. The first-order valence-electron chi connectivity index (χ1n) is 6.33. The van der Waals surface area contributed by atoms with E-state index in [0.29, 0.717) is 11.3 Å². The van der Waals surface area contributed by atoms with Crippen molar-refractivity contribution in [2.24, 2.45) is 0 Å². The number of hydrogen-bond donors (Lipinski definition) is 2. The Balaban J connectivity index is 2.37. The molecule has 0 aromatic heterocycles. The third-order valence-electron chi connectivity index (χ3n) is 2.44. The van der Waals surface area contributed by atoms with Gasteiger partial charge in [-0.2, -0.15) is 0 Å². The third-order valence-corrected chi connectivity index (χ3v) is 2.44. The van der Waals surface area contributed by atoms with Gasteiger partial charge in [-0.25, -0.2) is 9.59 Å². The van der Waals surface area contributed by atoms with E-state index in [-0.39, 0.29) is 5.78 Å². The molecule has 1 aromatic rings. The van der Waals surface area contributed by atoms with Crippen LogP contribution in [-0.2, 0) is 14.3 Å². The molecule has 118 valence electrons. The van der Waals surface area contributed by atoms with E-state index in [2.05, 4.69) is 10.1 Å². The fraction of sp³-hybridized carbons (Fsp3) is 0.286. The Kier molecular flexibility index (Phi) is 6.55. The number of amides is 3. The zero-order chi connectivity index (χ0) is 16.5. The lowest BCUT2D eigenvalue weighted by Crippen LogP contribution is -2.40. The Morgan fingerprint density at radius 1 is 1.14 bits per heavy atom. The summed E-state index contributed by atoms with van der Waals surface area (Å²) in [5, 5.41) is 4.12. The predicted octanol–water partition coefficient (Wildman–Crippen LogP) is 0.267. The summed E-state index contributed by atoms with van der Waals surface area (Å²) < 4.78 is 9.78. The van der Waals surface area contributed by atoms with E-state index < -0.39 is 31.1 Å². The van der Waals surface area contributed by atoms with Crippen molar-refractivity contribution in [3.63, 3.8) is 0 Å².